The Morgan fingerprint density at radius 1 is 1.29 bits per heavy atom. The maximum Gasteiger partial charge on any atom is 0.233 e. The fourth-order valence-electron chi connectivity index (χ4n) is 3.62. The first kappa shape index (κ1) is 20.8. The number of halogens is 1. The van der Waals surface area contributed by atoms with Crippen molar-refractivity contribution in [3.8, 4) is 0 Å². The number of carbonyl (C=O) groups is 1. The van der Waals surface area contributed by atoms with Crippen LogP contribution >= 0.6 is 11.6 Å². The molecular formula is C21H30ClN4O2+. The van der Waals surface area contributed by atoms with Crippen LogP contribution in [-0.4, -0.2) is 60.0 Å². The van der Waals surface area contributed by atoms with Gasteiger partial charge in [-0.3, -0.25) is 9.48 Å². The van der Waals surface area contributed by atoms with Gasteiger partial charge in [0.2, 0.25) is 5.91 Å². The molecule has 0 bridgehead atoms. The van der Waals surface area contributed by atoms with Crippen molar-refractivity contribution in [2.24, 2.45) is 7.05 Å². The van der Waals surface area contributed by atoms with Crippen molar-refractivity contribution < 1.29 is 14.4 Å². The SMILES string of the molecule is Cn1cc(Cl)c(CN(CC[NH+]2CCOCC2)C(=O)C(C)(C)c2ccccc2)n1. The third kappa shape index (κ3) is 4.93. The van der Waals surface area contributed by atoms with Crippen LogP contribution in [0.4, 0.5) is 0 Å². The van der Waals surface area contributed by atoms with Gasteiger partial charge in [0.1, 0.15) is 18.8 Å². The Bertz CT molecular complexity index is 785. The van der Waals surface area contributed by atoms with E-state index in [0.29, 0.717) is 18.1 Å². The summed E-state index contributed by atoms with van der Waals surface area (Å²) in [7, 11) is 1.84. The van der Waals surface area contributed by atoms with Crippen LogP contribution in [0.25, 0.3) is 0 Å². The van der Waals surface area contributed by atoms with E-state index in [0.717, 1.165) is 44.1 Å². The molecule has 1 aromatic carbocycles. The number of nitrogens with one attached hydrogen (secondary N) is 1. The standard InChI is InChI=1S/C21H29ClN4O2/c1-21(2,17-7-5-4-6-8-17)20(27)26(10-9-25-11-13-28-14-12-25)16-19-18(22)15-24(3)23-19/h4-8,15H,9-14,16H2,1-3H3/p+1. The third-order valence-electron chi connectivity index (χ3n) is 5.45. The molecule has 0 unspecified atom stereocenters. The number of quaternary nitrogens is 1. The summed E-state index contributed by atoms with van der Waals surface area (Å²) < 4.78 is 7.14. The molecule has 1 aliphatic rings. The van der Waals surface area contributed by atoms with Gasteiger partial charge in [0.05, 0.1) is 43.3 Å². The van der Waals surface area contributed by atoms with Gasteiger partial charge in [0.25, 0.3) is 0 Å². The molecular weight excluding hydrogens is 376 g/mol. The molecule has 28 heavy (non-hydrogen) atoms. The number of morpholine rings is 1. The molecule has 2 heterocycles. The van der Waals surface area contributed by atoms with Gasteiger partial charge in [0.15, 0.2) is 0 Å². The molecule has 0 aliphatic carbocycles. The minimum absolute atomic E-state index is 0.0908. The zero-order valence-corrected chi connectivity index (χ0v) is 17.7. The highest BCUT2D eigenvalue weighted by Gasteiger charge is 2.34. The van der Waals surface area contributed by atoms with E-state index >= 15 is 0 Å². The summed E-state index contributed by atoms with van der Waals surface area (Å²) in [5.41, 5.74) is 1.12. The lowest BCUT2D eigenvalue weighted by Gasteiger charge is -2.33. The van der Waals surface area contributed by atoms with Gasteiger partial charge in [-0.2, -0.15) is 5.10 Å². The fourth-order valence-corrected chi connectivity index (χ4v) is 3.86. The molecule has 152 valence electrons. The number of ether oxygens (including phenoxy) is 1. The van der Waals surface area contributed by atoms with E-state index in [1.807, 2.05) is 56.1 Å². The predicted octanol–water partition coefficient (Wildman–Crippen LogP) is 1.30. The third-order valence-corrected chi connectivity index (χ3v) is 5.76. The number of amides is 1. The second kappa shape index (κ2) is 9.07. The molecule has 1 aromatic heterocycles. The number of aryl methyl sites for hydroxylation is 1. The van der Waals surface area contributed by atoms with Crippen molar-refractivity contribution in [1.82, 2.24) is 14.7 Å². The average Bonchev–Trinajstić information content (AvgIpc) is 3.02. The smallest absolute Gasteiger partial charge is 0.233 e. The van der Waals surface area contributed by atoms with E-state index in [-0.39, 0.29) is 5.91 Å². The van der Waals surface area contributed by atoms with Crippen LogP contribution in [0, 0.1) is 0 Å². The zero-order chi connectivity index (χ0) is 20.1. The molecule has 7 heteroatoms. The van der Waals surface area contributed by atoms with E-state index in [1.165, 1.54) is 4.90 Å². The molecule has 6 nitrogen and oxygen atoms in total. The Balaban J connectivity index is 1.79. The van der Waals surface area contributed by atoms with Gasteiger partial charge < -0.3 is 14.5 Å². The van der Waals surface area contributed by atoms with Crippen molar-refractivity contribution in [3.63, 3.8) is 0 Å². The molecule has 1 fully saturated rings. The first-order valence-electron chi connectivity index (χ1n) is 9.82. The Labute approximate surface area is 172 Å². The summed E-state index contributed by atoms with van der Waals surface area (Å²) in [4.78, 5) is 16.9. The Morgan fingerprint density at radius 3 is 2.57 bits per heavy atom. The monoisotopic (exact) mass is 405 g/mol. The van der Waals surface area contributed by atoms with Crippen LogP contribution in [0.5, 0.6) is 0 Å². The summed E-state index contributed by atoms with van der Waals surface area (Å²) in [6.07, 6.45) is 1.77. The Morgan fingerprint density at radius 2 is 1.96 bits per heavy atom. The van der Waals surface area contributed by atoms with Crippen molar-refractivity contribution in [2.45, 2.75) is 25.8 Å². The summed E-state index contributed by atoms with van der Waals surface area (Å²) in [6, 6.07) is 9.94. The predicted molar refractivity (Wildman–Crippen MR) is 109 cm³/mol. The molecule has 0 saturated carbocycles. The second-order valence-electron chi connectivity index (χ2n) is 7.93. The minimum Gasteiger partial charge on any atom is -0.370 e. The molecule has 1 saturated heterocycles. The van der Waals surface area contributed by atoms with Gasteiger partial charge in [-0.25, -0.2) is 0 Å². The number of carbonyl (C=O) groups excluding carboxylic acids is 1. The van der Waals surface area contributed by atoms with Crippen LogP contribution in [0.1, 0.15) is 25.1 Å². The summed E-state index contributed by atoms with van der Waals surface area (Å²) in [5, 5.41) is 5.04. The molecule has 3 rings (SSSR count). The Kier molecular flexibility index (Phi) is 6.75. The van der Waals surface area contributed by atoms with E-state index in [1.54, 1.807) is 10.9 Å². The first-order chi connectivity index (χ1) is 13.4. The number of rotatable bonds is 7. The van der Waals surface area contributed by atoms with Crippen molar-refractivity contribution in [3.05, 3.63) is 52.8 Å². The van der Waals surface area contributed by atoms with E-state index in [9.17, 15) is 4.79 Å². The number of hydrogen-bond donors (Lipinski definition) is 1. The highest BCUT2D eigenvalue weighted by molar-refractivity contribution is 6.31. The van der Waals surface area contributed by atoms with E-state index in [2.05, 4.69) is 5.10 Å². The van der Waals surface area contributed by atoms with Gasteiger partial charge in [0, 0.05) is 13.2 Å². The topological polar surface area (TPSA) is 51.8 Å². The summed E-state index contributed by atoms with van der Waals surface area (Å²) in [5.74, 6) is 0.0908. The highest BCUT2D eigenvalue weighted by Crippen LogP contribution is 2.27. The van der Waals surface area contributed by atoms with Gasteiger partial charge in [-0.05, 0) is 19.4 Å². The van der Waals surface area contributed by atoms with Crippen LogP contribution < -0.4 is 4.90 Å². The molecule has 2 aromatic rings. The molecule has 0 atom stereocenters. The normalized spacial score (nSPS) is 15.6. The molecule has 1 aliphatic heterocycles. The van der Waals surface area contributed by atoms with Crippen molar-refractivity contribution in [1.29, 1.82) is 0 Å². The maximum absolute atomic E-state index is 13.6. The summed E-state index contributed by atoms with van der Waals surface area (Å²) >= 11 is 6.33. The van der Waals surface area contributed by atoms with E-state index in [4.69, 9.17) is 16.3 Å². The second-order valence-corrected chi connectivity index (χ2v) is 8.33. The molecule has 1 amide bonds. The molecule has 0 radical (unpaired) electrons. The lowest BCUT2D eigenvalue weighted by molar-refractivity contribution is -0.907. The molecule has 1 N–H and O–H groups in total. The fraction of sp³-hybridized carbons (Fsp3) is 0.524. The number of aromatic nitrogens is 2. The number of hydrogen-bond acceptors (Lipinski definition) is 3. The lowest BCUT2D eigenvalue weighted by Crippen LogP contribution is -3.14. The highest BCUT2D eigenvalue weighted by atomic mass is 35.5. The first-order valence-corrected chi connectivity index (χ1v) is 10.2. The largest absolute Gasteiger partial charge is 0.370 e. The van der Waals surface area contributed by atoms with Gasteiger partial charge in [-0.1, -0.05) is 41.9 Å². The maximum atomic E-state index is 13.6. The minimum atomic E-state index is -0.622. The van der Waals surface area contributed by atoms with E-state index < -0.39 is 5.41 Å². The Hall–Kier alpha value is -1.89. The van der Waals surface area contributed by atoms with Crippen molar-refractivity contribution in [2.75, 3.05) is 39.4 Å². The average molecular weight is 406 g/mol. The van der Waals surface area contributed by atoms with Crippen LogP contribution in [0.15, 0.2) is 36.5 Å². The number of nitrogens with zero attached hydrogens (tertiary/aromatic N) is 3. The lowest BCUT2D eigenvalue weighted by atomic mass is 9.83. The van der Waals surface area contributed by atoms with Crippen molar-refractivity contribution >= 4 is 17.5 Å². The zero-order valence-electron chi connectivity index (χ0n) is 16.9. The van der Waals surface area contributed by atoms with Crippen LogP contribution in [0.3, 0.4) is 0 Å². The van der Waals surface area contributed by atoms with Gasteiger partial charge >= 0.3 is 0 Å². The number of benzene rings is 1. The van der Waals surface area contributed by atoms with Crippen LogP contribution in [-0.2, 0) is 28.5 Å². The quantitative estimate of drug-likeness (QED) is 0.755. The molecule has 0 spiro atoms. The van der Waals surface area contributed by atoms with Gasteiger partial charge in [-0.15, -0.1) is 0 Å². The summed E-state index contributed by atoms with van der Waals surface area (Å²) in [6.45, 7) is 9.47. The van der Waals surface area contributed by atoms with Crippen LogP contribution in [0.2, 0.25) is 5.02 Å².